The molecule has 0 radical (unpaired) electrons. The molecule has 0 aromatic carbocycles. The third-order valence-electron chi connectivity index (χ3n) is 4.10. The quantitative estimate of drug-likeness (QED) is 0.469. The number of carbonyl (C=O) groups is 1. The molecule has 23 heavy (non-hydrogen) atoms. The van der Waals surface area contributed by atoms with Crippen molar-refractivity contribution in [3.05, 3.63) is 16.0 Å². The number of nitrogens with one attached hydrogen (secondary N) is 2. The third-order valence-corrected chi connectivity index (χ3v) is 5.56. The third kappa shape index (κ3) is 4.91. The van der Waals surface area contributed by atoms with Crippen LogP contribution in [0, 0.1) is 0 Å². The monoisotopic (exact) mass is 354 g/mol. The van der Waals surface area contributed by atoms with Gasteiger partial charge in [-0.05, 0) is 49.9 Å². The van der Waals surface area contributed by atoms with Gasteiger partial charge in [0.1, 0.15) is 5.00 Å². The zero-order valence-electron chi connectivity index (χ0n) is 14.0. The predicted molar refractivity (Wildman–Crippen MR) is 101 cm³/mol. The minimum atomic E-state index is -0.262. The van der Waals surface area contributed by atoms with Gasteiger partial charge in [-0.15, -0.1) is 11.3 Å². The van der Waals surface area contributed by atoms with E-state index in [0.29, 0.717) is 10.7 Å². The molecule has 2 rings (SSSR count). The van der Waals surface area contributed by atoms with E-state index in [2.05, 4.69) is 17.6 Å². The number of anilines is 1. The van der Waals surface area contributed by atoms with Crippen molar-refractivity contribution in [1.29, 1.82) is 0 Å². The van der Waals surface area contributed by atoms with E-state index in [1.165, 1.54) is 36.8 Å². The van der Waals surface area contributed by atoms with Crippen molar-refractivity contribution in [2.24, 2.45) is 0 Å². The Balaban J connectivity index is 2.21. The van der Waals surface area contributed by atoms with Crippen molar-refractivity contribution in [3.63, 3.8) is 0 Å². The molecule has 0 spiro atoms. The van der Waals surface area contributed by atoms with Gasteiger partial charge in [-0.2, -0.15) is 0 Å². The smallest absolute Gasteiger partial charge is 0.341 e. The van der Waals surface area contributed by atoms with Crippen molar-refractivity contribution in [1.82, 2.24) is 5.32 Å². The van der Waals surface area contributed by atoms with Crippen LogP contribution in [-0.2, 0) is 17.6 Å². The Morgan fingerprint density at radius 1 is 1.26 bits per heavy atom. The van der Waals surface area contributed by atoms with E-state index in [1.807, 2.05) is 0 Å². The van der Waals surface area contributed by atoms with Gasteiger partial charge in [0, 0.05) is 11.4 Å². The van der Waals surface area contributed by atoms with Crippen LogP contribution < -0.4 is 10.6 Å². The number of carbonyl (C=O) groups excluding carboxylic acids is 1. The van der Waals surface area contributed by atoms with E-state index in [-0.39, 0.29) is 5.97 Å². The van der Waals surface area contributed by atoms with Crippen LogP contribution in [0.3, 0.4) is 0 Å². The summed E-state index contributed by atoms with van der Waals surface area (Å²) in [6.45, 7) is 2.99. The Kier molecular flexibility index (Phi) is 7.30. The molecule has 0 atom stereocenters. The first-order chi connectivity index (χ1) is 11.2. The highest BCUT2D eigenvalue weighted by Gasteiger charge is 2.25. The van der Waals surface area contributed by atoms with Crippen LogP contribution in [0.5, 0.6) is 0 Å². The summed E-state index contributed by atoms with van der Waals surface area (Å²) >= 11 is 7.01. The maximum Gasteiger partial charge on any atom is 0.341 e. The summed E-state index contributed by atoms with van der Waals surface area (Å²) in [4.78, 5) is 13.6. The first-order valence-electron chi connectivity index (χ1n) is 8.45. The Labute approximate surface area is 148 Å². The summed E-state index contributed by atoms with van der Waals surface area (Å²) < 4.78 is 5.02. The number of unbranched alkanes of at least 4 members (excludes halogenated alkanes) is 1. The van der Waals surface area contributed by atoms with Crippen molar-refractivity contribution < 1.29 is 9.53 Å². The van der Waals surface area contributed by atoms with Gasteiger partial charge in [-0.3, -0.25) is 0 Å². The molecule has 128 valence electrons. The van der Waals surface area contributed by atoms with E-state index >= 15 is 0 Å². The highest BCUT2D eigenvalue weighted by molar-refractivity contribution is 7.80. The largest absolute Gasteiger partial charge is 0.465 e. The summed E-state index contributed by atoms with van der Waals surface area (Å²) in [5.74, 6) is -0.262. The number of methoxy groups -OCH3 is 1. The second-order valence-electron chi connectivity index (χ2n) is 5.85. The highest BCUT2D eigenvalue weighted by Crippen LogP contribution is 2.37. The lowest BCUT2D eigenvalue weighted by Crippen LogP contribution is -2.29. The number of hydrogen-bond acceptors (Lipinski definition) is 4. The zero-order valence-corrected chi connectivity index (χ0v) is 15.6. The number of thiocarbonyl (C=S) groups is 1. The fraction of sp³-hybridized carbons (Fsp3) is 0.647. The van der Waals surface area contributed by atoms with E-state index in [4.69, 9.17) is 17.0 Å². The lowest BCUT2D eigenvalue weighted by molar-refractivity contribution is 0.0601. The van der Waals surface area contributed by atoms with Crippen LogP contribution in [0.15, 0.2) is 0 Å². The summed E-state index contributed by atoms with van der Waals surface area (Å²) in [5, 5.41) is 7.83. The molecule has 0 unspecified atom stereocenters. The molecular formula is C17H26N2O2S2. The Morgan fingerprint density at radius 2 is 2.00 bits per heavy atom. The molecule has 1 heterocycles. The van der Waals surface area contributed by atoms with Crippen LogP contribution in [0.25, 0.3) is 0 Å². The van der Waals surface area contributed by atoms with Gasteiger partial charge >= 0.3 is 5.97 Å². The van der Waals surface area contributed by atoms with Crippen molar-refractivity contribution in [2.75, 3.05) is 19.0 Å². The van der Waals surface area contributed by atoms with Gasteiger partial charge < -0.3 is 15.4 Å². The first-order valence-corrected chi connectivity index (χ1v) is 9.67. The first kappa shape index (κ1) is 18.2. The molecule has 4 nitrogen and oxygen atoms in total. The molecule has 6 heteroatoms. The molecule has 1 aromatic heterocycles. The predicted octanol–water partition coefficient (Wildman–Crippen LogP) is 4.28. The van der Waals surface area contributed by atoms with Crippen LogP contribution in [0.4, 0.5) is 5.00 Å². The zero-order chi connectivity index (χ0) is 16.7. The molecule has 0 aliphatic heterocycles. The molecule has 2 N–H and O–H groups in total. The summed E-state index contributed by atoms with van der Waals surface area (Å²) in [7, 11) is 1.44. The number of hydrogen-bond donors (Lipinski definition) is 2. The molecule has 1 aliphatic rings. The lowest BCUT2D eigenvalue weighted by Gasteiger charge is -2.12. The molecule has 1 aromatic rings. The summed E-state index contributed by atoms with van der Waals surface area (Å²) in [6.07, 6.45) is 9.01. The normalized spacial score (nSPS) is 14.3. The topological polar surface area (TPSA) is 50.4 Å². The van der Waals surface area contributed by atoms with E-state index < -0.39 is 0 Å². The number of fused-ring (bicyclic) bond motifs is 1. The maximum atomic E-state index is 12.3. The lowest BCUT2D eigenvalue weighted by atomic mass is 9.96. The van der Waals surface area contributed by atoms with Gasteiger partial charge in [0.2, 0.25) is 0 Å². The van der Waals surface area contributed by atoms with E-state index in [9.17, 15) is 4.79 Å². The molecule has 0 amide bonds. The number of thiophene rings is 1. The molecule has 0 fully saturated rings. The summed E-state index contributed by atoms with van der Waals surface area (Å²) in [5.41, 5.74) is 1.86. The van der Waals surface area contributed by atoms with E-state index in [0.717, 1.165) is 43.6 Å². The minimum absolute atomic E-state index is 0.262. The van der Waals surface area contributed by atoms with Gasteiger partial charge in [0.05, 0.1) is 12.7 Å². The standard InChI is InChI=1S/C17H26N2O2S2/c1-3-4-11-18-17(22)19-15-14(16(20)21-2)12-9-7-5-6-8-10-13(12)23-15/h3-11H2,1-2H3,(H2,18,19,22). The molecule has 0 saturated carbocycles. The molecular weight excluding hydrogens is 328 g/mol. The molecule has 0 bridgehead atoms. The second-order valence-corrected chi connectivity index (χ2v) is 7.36. The SMILES string of the molecule is CCCCNC(=S)Nc1sc2c(c1C(=O)OC)CCCCCC2. The Hall–Kier alpha value is -1.14. The fourth-order valence-electron chi connectivity index (χ4n) is 2.85. The fourth-order valence-corrected chi connectivity index (χ4v) is 4.40. The average Bonchev–Trinajstić information content (AvgIpc) is 2.83. The van der Waals surface area contributed by atoms with E-state index in [1.54, 1.807) is 11.3 Å². The highest BCUT2D eigenvalue weighted by atomic mass is 32.1. The second kappa shape index (κ2) is 9.23. The Bertz CT molecular complexity index is 555. The minimum Gasteiger partial charge on any atom is -0.465 e. The number of ether oxygens (including phenoxy) is 1. The average molecular weight is 355 g/mol. The van der Waals surface area contributed by atoms with Gasteiger partial charge in [-0.1, -0.05) is 26.2 Å². The van der Waals surface area contributed by atoms with Crippen molar-refractivity contribution >= 4 is 39.6 Å². The van der Waals surface area contributed by atoms with Gasteiger partial charge in [-0.25, -0.2) is 4.79 Å². The van der Waals surface area contributed by atoms with Crippen LogP contribution in [0.1, 0.15) is 66.2 Å². The number of aryl methyl sites for hydroxylation is 1. The molecule has 1 aliphatic carbocycles. The van der Waals surface area contributed by atoms with Crippen molar-refractivity contribution in [3.8, 4) is 0 Å². The van der Waals surface area contributed by atoms with Crippen LogP contribution in [-0.4, -0.2) is 24.7 Å². The molecule has 0 saturated heterocycles. The number of rotatable bonds is 5. The Morgan fingerprint density at radius 3 is 2.70 bits per heavy atom. The van der Waals surface area contributed by atoms with Gasteiger partial charge in [0.15, 0.2) is 5.11 Å². The summed E-state index contributed by atoms with van der Waals surface area (Å²) in [6, 6.07) is 0. The maximum absolute atomic E-state index is 12.3. The number of esters is 1. The van der Waals surface area contributed by atoms with Crippen molar-refractivity contribution in [2.45, 2.75) is 58.3 Å². The van der Waals surface area contributed by atoms with Gasteiger partial charge in [0.25, 0.3) is 0 Å². The van der Waals surface area contributed by atoms with Crippen LogP contribution >= 0.6 is 23.6 Å². The van der Waals surface area contributed by atoms with Crippen LogP contribution in [0.2, 0.25) is 0 Å².